The summed E-state index contributed by atoms with van der Waals surface area (Å²) in [7, 11) is 3.09. The SMILES string of the molecule is O=C(CCN1C(=O)c2ccccc2C1=O)NCCSSCCNC(=O)CCN1C(=O)c2ccccc2C1=O. The van der Waals surface area contributed by atoms with Crippen LogP contribution >= 0.6 is 21.6 Å². The van der Waals surface area contributed by atoms with E-state index in [1.165, 1.54) is 0 Å². The van der Waals surface area contributed by atoms with Crippen molar-refractivity contribution in [3.63, 3.8) is 0 Å². The van der Waals surface area contributed by atoms with Crippen molar-refractivity contribution in [3.05, 3.63) is 70.8 Å². The zero-order valence-electron chi connectivity index (χ0n) is 20.4. The minimum Gasteiger partial charge on any atom is -0.355 e. The lowest BCUT2D eigenvalue weighted by Crippen LogP contribution is -2.35. The molecule has 0 spiro atoms. The smallest absolute Gasteiger partial charge is 0.261 e. The van der Waals surface area contributed by atoms with Gasteiger partial charge in [-0.3, -0.25) is 38.6 Å². The molecule has 0 aliphatic carbocycles. The average Bonchev–Trinajstić information content (AvgIpc) is 3.32. The highest BCUT2D eigenvalue weighted by molar-refractivity contribution is 8.76. The van der Waals surface area contributed by atoms with Gasteiger partial charge in [-0.1, -0.05) is 45.9 Å². The van der Waals surface area contributed by atoms with E-state index >= 15 is 0 Å². The summed E-state index contributed by atoms with van der Waals surface area (Å²) >= 11 is 0. The molecule has 2 aliphatic rings. The Kier molecular flexibility index (Phi) is 9.19. The van der Waals surface area contributed by atoms with Crippen LogP contribution in [0.3, 0.4) is 0 Å². The van der Waals surface area contributed by atoms with Crippen molar-refractivity contribution in [3.8, 4) is 0 Å². The third-order valence-electron chi connectivity index (χ3n) is 5.98. The van der Waals surface area contributed by atoms with E-state index in [9.17, 15) is 28.8 Å². The van der Waals surface area contributed by atoms with E-state index in [0.717, 1.165) is 9.80 Å². The Bertz CT molecular complexity index is 1120. The standard InChI is InChI=1S/C26H26N4O6S2/c31-21(9-13-29-23(33)17-5-1-2-6-18(17)24(29)34)27-11-15-37-38-16-12-28-22(32)10-14-30-25(35)19-7-3-4-8-20(19)26(30)36/h1-8H,9-16H2,(H,27,31)(H,28,32). The third-order valence-corrected chi connectivity index (χ3v) is 8.39. The first-order valence-electron chi connectivity index (χ1n) is 12.1. The van der Waals surface area contributed by atoms with Crippen LogP contribution in [0.4, 0.5) is 0 Å². The second kappa shape index (κ2) is 12.7. The van der Waals surface area contributed by atoms with Gasteiger partial charge in [-0.2, -0.15) is 0 Å². The molecule has 6 amide bonds. The molecule has 0 aromatic heterocycles. The maximum Gasteiger partial charge on any atom is 0.261 e. The van der Waals surface area contributed by atoms with Gasteiger partial charge in [0.25, 0.3) is 23.6 Å². The fourth-order valence-electron chi connectivity index (χ4n) is 4.07. The largest absolute Gasteiger partial charge is 0.355 e. The average molecular weight is 555 g/mol. The first-order chi connectivity index (χ1) is 18.4. The molecule has 2 aliphatic heterocycles. The molecule has 0 saturated carbocycles. The Morgan fingerprint density at radius 3 is 1.21 bits per heavy atom. The quantitative estimate of drug-likeness (QED) is 0.218. The molecule has 38 heavy (non-hydrogen) atoms. The molecule has 0 saturated heterocycles. The Balaban J connectivity index is 1.01. The lowest BCUT2D eigenvalue weighted by Gasteiger charge is -2.13. The summed E-state index contributed by atoms with van der Waals surface area (Å²) in [6.45, 7) is 0.941. The van der Waals surface area contributed by atoms with Gasteiger partial charge >= 0.3 is 0 Å². The van der Waals surface area contributed by atoms with E-state index in [-0.39, 0.29) is 61.4 Å². The zero-order valence-corrected chi connectivity index (χ0v) is 22.1. The van der Waals surface area contributed by atoms with Crippen LogP contribution < -0.4 is 10.6 Å². The maximum atomic E-state index is 12.3. The molecule has 0 radical (unpaired) electrons. The maximum absolute atomic E-state index is 12.3. The fourth-order valence-corrected chi connectivity index (χ4v) is 5.88. The molecule has 198 valence electrons. The van der Waals surface area contributed by atoms with E-state index < -0.39 is 0 Å². The lowest BCUT2D eigenvalue weighted by atomic mass is 10.1. The van der Waals surface area contributed by atoms with Crippen molar-refractivity contribution in [1.82, 2.24) is 20.4 Å². The van der Waals surface area contributed by atoms with E-state index in [2.05, 4.69) is 10.6 Å². The molecule has 2 aromatic rings. The normalized spacial score (nSPS) is 14.1. The first kappa shape index (κ1) is 27.4. The molecular weight excluding hydrogens is 528 g/mol. The summed E-state index contributed by atoms with van der Waals surface area (Å²) in [6.07, 6.45) is 0.0754. The molecule has 2 N–H and O–H groups in total. The molecule has 12 heteroatoms. The molecule has 2 aromatic carbocycles. The molecule has 2 heterocycles. The highest BCUT2D eigenvalue weighted by Gasteiger charge is 2.36. The van der Waals surface area contributed by atoms with Crippen LogP contribution in [-0.4, -0.2) is 82.9 Å². The predicted octanol–water partition coefficient (Wildman–Crippen LogP) is 1.97. The molecule has 0 unspecified atom stereocenters. The molecule has 0 fully saturated rings. The van der Waals surface area contributed by atoms with Gasteiger partial charge in [0.2, 0.25) is 11.8 Å². The van der Waals surface area contributed by atoms with Crippen LogP contribution in [0.1, 0.15) is 54.3 Å². The number of nitrogens with one attached hydrogen (secondary N) is 2. The summed E-state index contributed by atoms with van der Waals surface area (Å²) in [5.74, 6) is -0.673. The van der Waals surface area contributed by atoms with Gasteiger partial charge in [0, 0.05) is 50.5 Å². The zero-order chi connectivity index (χ0) is 27.1. The summed E-state index contributed by atoms with van der Waals surface area (Å²) in [4.78, 5) is 75.7. The monoisotopic (exact) mass is 554 g/mol. The Hall–Kier alpha value is -3.64. The van der Waals surface area contributed by atoms with Crippen LogP contribution in [-0.2, 0) is 9.59 Å². The van der Waals surface area contributed by atoms with E-state index in [1.54, 1.807) is 70.1 Å². The van der Waals surface area contributed by atoms with Crippen molar-refractivity contribution < 1.29 is 28.8 Å². The molecular formula is C26H26N4O6S2. The van der Waals surface area contributed by atoms with Gasteiger partial charge in [0.1, 0.15) is 0 Å². The van der Waals surface area contributed by atoms with E-state index in [4.69, 9.17) is 0 Å². The van der Waals surface area contributed by atoms with Crippen molar-refractivity contribution in [2.75, 3.05) is 37.7 Å². The summed E-state index contributed by atoms with van der Waals surface area (Å²) < 4.78 is 0. The number of carbonyl (C=O) groups excluding carboxylic acids is 6. The Morgan fingerprint density at radius 2 is 0.895 bits per heavy atom. The number of imide groups is 2. The van der Waals surface area contributed by atoms with Gasteiger partial charge < -0.3 is 10.6 Å². The first-order valence-corrected chi connectivity index (χ1v) is 14.6. The number of carbonyl (C=O) groups is 6. The van der Waals surface area contributed by atoms with Gasteiger partial charge in [0.15, 0.2) is 0 Å². The van der Waals surface area contributed by atoms with Gasteiger partial charge in [-0.05, 0) is 24.3 Å². The lowest BCUT2D eigenvalue weighted by molar-refractivity contribution is -0.121. The van der Waals surface area contributed by atoms with Crippen LogP contribution in [0.2, 0.25) is 0 Å². The Morgan fingerprint density at radius 1 is 0.579 bits per heavy atom. The van der Waals surface area contributed by atoms with E-state index in [0.29, 0.717) is 46.8 Å². The minimum absolute atomic E-state index is 0.0345. The number of hydrogen-bond acceptors (Lipinski definition) is 8. The van der Waals surface area contributed by atoms with Crippen molar-refractivity contribution in [1.29, 1.82) is 0 Å². The number of fused-ring (bicyclic) bond motifs is 2. The number of rotatable bonds is 13. The van der Waals surface area contributed by atoms with Crippen molar-refractivity contribution in [2.45, 2.75) is 12.8 Å². The second-order valence-electron chi connectivity index (χ2n) is 8.46. The van der Waals surface area contributed by atoms with Crippen molar-refractivity contribution in [2.24, 2.45) is 0 Å². The van der Waals surface area contributed by atoms with Crippen molar-refractivity contribution >= 4 is 57.0 Å². The number of hydrogen-bond donors (Lipinski definition) is 2. The van der Waals surface area contributed by atoms with E-state index in [1.807, 2.05) is 0 Å². The summed E-state index contributed by atoms with van der Waals surface area (Å²) in [5.41, 5.74) is 1.46. The molecule has 0 atom stereocenters. The van der Waals surface area contributed by atoms with Gasteiger partial charge in [-0.25, -0.2) is 0 Å². The highest BCUT2D eigenvalue weighted by Crippen LogP contribution is 2.23. The Labute approximate surface area is 227 Å². The summed E-state index contributed by atoms with van der Waals surface area (Å²) in [5, 5.41) is 5.54. The predicted molar refractivity (Wildman–Crippen MR) is 144 cm³/mol. The number of benzene rings is 2. The minimum atomic E-state index is -0.374. The molecule has 0 bridgehead atoms. The second-order valence-corrected chi connectivity index (χ2v) is 11.2. The van der Waals surface area contributed by atoms with Gasteiger partial charge in [0.05, 0.1) is 22.3 Å². The number of amides is 6. The van der Waals surface area contributed by atoms with Crippen LogP contribution in [0, 0.1) is 0 Å². The third kappa shape index (κ3) is 6.25. The van der Waals surface area contributed by atoms with Crippen LogP contribution in [0.15, 0.2) is 48.5 Å². The van der Waals surface area contributed by atoms with Crippen LogP contribution in [0.5, 0.6) is 0 Å². The fraction of sp³-hybridized carbons (Fsp3) is 0.308. The van der Waals surface area contributed by atoms with Crippen LogP contribution in [0.25, 0.3) is 0 Å². The number of nitrogens with zero attached hydrogens (tertiary/aromatic N) is 2. The highest BCUT2D eigenvalue weighted by atomic mass is 33.1. The molecule has 4 rings (SSSR count). The molecule has 10 nitrogen and oxygen atoms in total. The topological polar surface area (TPSA) is 133 Å². The van der Waals surface area contributed by atoms with Gasteiger partial charge in [-0.15, -0.1) is 0 Å². The summed E-state index contributed by atoms with van der Waals surface area (Å²) in [6, 6.07) is 13.2.